The molecule has 0 aromatic carbocycles. The van der Waals surface area contributed by atoms with Crippen molar-refractivity contribution in [2.45, 2.75) is 125 Å². The Hall–Kier alpha value is -0.870. The second-order valence-electron chi connectivity index (χ2n) is 15.9. The van der Waals surface area contributed by atoms with E-state index in [4.69, 9.17) is 9.47 Å². The van der Waals surface area contributed by atoms with Gasteiger partial charge < -0.3 is 14.6 Å². The summed E-state index contributed by atoms with van der Waals surface area (Å²) in [6, 6.07) is 0. The van der Waals surface area contributed by atoms with Gasteiger partial charge in [-0.2, -0.15) is 0 Å². The molecule has 208 valence electrons. The quantitative estimate of drug-likeness (QED) is 0.363. The third-order valence-electron chi connectivity index (χ3n) is 14.3. The number of carboxylic acid groups (broad SMARTS) is 1. The summed E-state index contributed by atoms with van der Waals surface area (Å²) in [5.41, 5.74) is 1.57. The van der Waals surface area contributed by atoms with Gasteiger partial charge in [-0.05, 0) is 117 Å². The minimum Gasteiger partial charge on any atom is -0.481 e. The summed E-state index contributed by atoms with van der Waals surface area (Å²) in [5.74, 6) is 1.40. The smallest absolute Gasteiger partial charge is 0.310 e. The molecule has 5 fully saturated rings. The fraction of sp³-hybridized carbons (Fsp3) is 0.909. The number of carboxylic acids is 1. The van der Waals surface area contributed by atoms with Gasteiger partial charge >= 0.3 is 5.97 Å². The first-order valence-electron chi connectivity index (χ1n) is 15.4. The standard InChI is InChI=1S/C33H52O4/c1-20-11-16-33(27(34)35)18-17-31(7)22(26(33)21(20)2)9-10-24-29(5)14-13-25-30(6,19-36-28(3,4)37-25)23(29)12-15-32(24,31)8/h9,20-21,23-26H,10-19H2,1-8H3,(H,34,35)/t20-,21?,23?,24?,25?,26?,29?,30-,31-,32?,33?/m1/s1. The summed E-state index contributed by atoms with van der Waals surface area (Å²) in [7, 11) is 0. The molecule has 4 nitrogen and oxygen atoms in total. The van der Waals surface area contributed by atoms with Crippen molar-refractivity contribution in [3.63, 3.8) is 0 Å². The van der Waals surface area contributed by atoms with Gasteiger partial charge in [0.15, 0.2) is 5.79 Å². The molecule has 4 heteroatoms. The van der Waals surface area contributed by atoms with Crippen LogP contribution in [0.2, 0.25) is 0 Å². The Labute approximate surface area is 225 Å². The SMILES string of the molecule is CC1C2C3=CCC4C5(C)CCC6OC(C)(C)OC[C@]6(C)C5CCC4(C)[C@]3(C)CCC2(C(=O)O)CC[C@H]1C. The number of aliphatic carboxylic acids is 1. The number of ether oxygens (including phenoxy) is 2. The molecule has 5 aliphatic carbocycles. The van der Waals surface area contributed by atoms with Gasteiger partial charge in [-0.25, -0.2) is 0 Å². The molecule has 8 unspecified atom stereocenters. The van der Waals surface area contributed by atoms with Gasteiger partial charge in [0.2, 0.25) is 0 Å². The summed E-state index contributed by atoms with van der Waals surface area (Å²) < 4.78 is 12.9. The van der Waals surface area contributed by atoms with Crippen LogP contribution < -0.4 is 0 Å². The minimum absolute atomic E-state index is 0.0626. The van der Waals surface area contributed by atoms with Crippen LogP contribution in [0, 0.1) is 56.7 Å². The van der Waals surface area contributed by atoms with Gasteiger partial charge in [-0.3, -0.25) is 4.79 Å². The van der Waals surface area contributed by atoms with Crippen LogP contribution in [0.25, 0.3) is 0 Å². The lowest BCUT2D eigenvalue weighted by Crippen LogP contribution is -2.68. The van der Waals surface area contributed by atoms with Crippen LogP contribution in [0.3, 0.4) is 0 Å². The normalized spacial score (nSPS) is 56.5. The highest BCUT2D eigenvalue weighted by molar-refractivity contribution is 5.76. The molecule has 0 spiro atoms. The zero-order chi connectivity index (χ0) is 26.8. The van der Waals surface area contributed by atoms with Crippen molar-refractivity contribution < 1.29 is 19.4 Å². The van der Waals surface area contributed by atoms with E-state index in [0.29, 0.717) is 23.7 Å². The maximum atomic E-state index is 12.9. The monoisotopic (exact) mass is 512 g/mol. The van der Waals surface area contributed by atoms with Crippen molar-refractivity contribution in [3.05, 3.63) is 11.6 Å². The van der Waals surface area contributed by atoms with Gasteiger partial charge in [0, 0.05) is 5.41 Å². The number of hydrogen-bond donors (Lipinski definition) is 1. The Balaban J connectivity index is 1.41. The van der Waals surface area contributed by atoms with Crippen LogP contribution in [0.4, 0.5) is 0 Å². The zero-order valence-corrected chi connectivity index (χ0v) is 24.8. The fourth-order valence-electron chi connectivity index (χ4n) is 11.7. The first-order valence-corrected chi connectivity index (χ1v) is 15.4. The second-order valence-corrected chi connectivity index (χ2v) is 15.9. The van der Waals surface area contributed by atoms with Crippen molar-refractivity contribution in [2.75, 3.05) is 6.61 Å². The van der Waals surface area contributed by atoms with Crippen molar-refractivity contribution in [1.29, 1.82) is 0 Å². The molecule has 37 heavy (non-hydrogen) atoms. The van der Waals surface area contributed by atoms with Crippen molar-refractivity contribution in [3.8, 4) is 0 Å². The minimum atomic E-state index is -0.559. The highest BCUT2D eigenvalue weighted by Crippen LogP contribution is 2.76. The fourth-order valence-corrected chi connectivity index (χ4v) is 11.7. The first kappa shape index (κ1) is 26.4. The third-order valence-corrected chi connectivity index (χ3v) is 14.3. The molecule has 11 atom stereocenters. The van der Waals surface area contributed by atoms with E-state index < -0.39 is 17.2 Å². The lowest BCUT2D eigenvalue weighted by atomic mass is 9.33. The Bertz CT molecular complexity index is 1020. The predicted octanol–water partition coefficient (Wildman–Crippen LogP) is 7.86. The van der Waals surface area contributed by atoms with Crippen LogP contribution in [0.5, 0.6) is 0 Å². The molecule has 1 heterocycles. The van der Waals surface area contributed by atoms with E-state index in [1.54, 1.807) is 0 Å². The maximum absolute atomic E-state index is 12.9. The summed E-state index contributed by atoms with van der Waals surface area (Å²) in [6.45, 7) is 19.9. The van der Waals surface area contributed by atoms with E-state index in [-0.39, 0.29) is 33.7 Å². The van der Waals surface area contributed by atoms with Crippen LogP contribution in [-0.2, 0) is 14.3 Å². The molecular weight excluding hydrogens is 460 g/mol. The molecule has 1 saturated heterocycles. The summed E-state index contributed by atoms with van der Waals surface area (Å²) in [4.78, 5) is 12.9. The summed E-state index contributed by atoms with van der Waals surface area (Å²) in [5, 5.41) is 10.6. The Morgan fingerprint density at radius 2 is 1.62 bits per heavy atom. The second kappa shape index (κ2) is 7.87. The van der Waals surface area contributed by atoms with Gasteiger partial charge in [-0.1, -0.05) is 53.2 Å². The van der Waals surface area contributed by atoms with Crippen LogP contribution in [-0.4, -0.2) is 29.6 Å². The average molecular weight is 513 g/mol. The number of allylic oxidation sites excluding steroid dienone is 2. The van der Waals surface area contributed by atoms with Crippen molar-refractivity contribution in [2.24, 2.45) is 56.7 Å². The molecule has 0 radical (unpaired) electrons. The molecule has 0 aromatic heterocycles. The van der Waals surface area contributed by atoms with Crippen LogP contribution >= 0.6 is 0 Å². The first-order chi connectivity index (χ1) is 17.1. The number of rotatable bonds is 1. The van der Waals surface area contributed by atoms with E-state index in [2.05, 4.69) is 61.5 Å². The van der Waals surface area contributed by atoms with E-state index in [0.717, 1.165) is 45.1 Å². The molecule has 4 saturated carbocycles. The van der Waals surface area contributed by atoms with Crippen LogP contribution in [0.15, 0.2) is 11.6 Å². The number of carbonyl (C=O) groups is 1. The van der Waals surface area contributed by atoms with Gasteiger partial charge in [0.25, 0.3) is 0 Å². The maximum Gasteiger partial charge on any atom is 0.310 e. The van der Waals surface area contributed by atoms with Crippen LogP contribution in [0.1, 0.15) is 113 Å². The highest BCUT2D eigenvalue weighted by atomic mass is 16.7. The van der Waals surface area contributed by atoms with E-state index in [9.17, 15) is 9.90 Å². The largest absolute Gasteiger partial charge is 0.481 e. The predicted molar refractivity (Wildman–Crippen MR) is 146 cm³/mol. The Morgan fingerprint density at radius 1 is 0.892 bits per heavy atom. The lowest BCUT2D eigenvalue weighted by Gasteiger charge is -2.72. The van der Waals surface area contributed by atoms with E-state index >= 15 is 0 Å². The molecule has 0 bridgehead atoms. The molecule has 6 aliphatic rings. The van der Waals surface area contributed by atoms with Crippen molar-refractivity contribution >= 4 is 5.97 Å². The summed E-state index contributed by atoms with van der Waals surface area (Å²) in [6.07, 6.45) is 12.6. The average Bonchev–Trinajstić information content (AvgIpc) is 2.82. The third kappa shape index (κ3) is 3.18. The van der Waals surface area contributed by atoms with Gasteiger partial charge in [0.1, 0.15) is 0 Å². The molecule has 1 aliphatic heterocycles. The van der Waals surface area contributed by atoms with E-state index in [1.807, 2.05) is 0 Å². The number of fused-ring (bicyclic) bond motifs is 9. The molecule has 6 rings (SSSR count). The zero-order valence-electron chi connectivity index (χ0n) is 24.8. The van der Waals surface area contributed by atoms with Gasteiger partial charge in [-0.15, -0.1) is 0 Å². The molecule has 0 aromatic rings. The topological polar surface area (TPSA) is 55.8 Å². The Kier molecular flexibility index (Phi) is 5.60. The molecule has 1 N–H and O–H groups in total. The molecular formula is C33H52O4. The Morgan fingerprint density at radius 3 is 2.32 bits per heavy atom. The number of hydrogen-bond acceptors (Lipinski definition) is 3. The summed E-state index contributed by atoms with van der Waals surface area (Å²) >= 11 is 0. The highest BCUT2D eigenvalue weighted by Gasteiger charge is 2.70. The lowest BCUT2D eigenvalue weighted by molar-refractivity contribution is -0.351. The van der Waals surface area contributed by atoms with Gasteiger partial charge in [0.05, 0.1) is 18.1 Å². The van der Waals surface area contributed by atoms with E-state index in [1.165, 1.54) is 24.8 Å². The van der Waals surface area contributed by atoms with Crippen molar-refractivity contribution in [1.82, 2.24) is 0 Å². The molecule has 0 amide bonds.